The minimum absolute atomic E-state index is 0.0281. The first-order valence-electron chi connectivity index (χ1n) is 7.19. The number of ether oxygens (including phenoxy) is 1. The Kier molecular flexibility index (Phi) is 4.32. The smallest absolute Gasteiger partial charge is 0.414 e. The quantitative estimate of drug-likeness (QED) is 0.868. The number of nitrogens with zero attached hydrogens (tertiary/aromatic N) is 1. The van der Waals surface area contributed by atoms with E-state index in [1.807, 2.05) is 26.8 Å². The molecule has 0 fully saturated rings. The van der Waals surface area contributed by atoms with Gasteiger partial charge in [0.1, 0.15) is 5.60 Å². The Hall–Kier alpha value is -1.88. The summed E-state index contributed by atoms with van der Waals surface area (Å²) >= 11 is 0. The van der Waals surface area contributed by atoms with E-state index in [-0.39, 0.29) is 11.9 Å². The minimum Gasteiger partial charge on any atom is -0.443 e. The van der Waals surface area contributed by atoms with Gasteiger partial charge in [-0.15, -0.1) is 0 Å². The van der Waals surface area contributed by atoms with Crippen LogP contribution in [0.4, 0.5) is 10.5 Å². The number of fused-ring (bicyclic) bond motifs is 1. The molecule has 0 aliphatic carbocycles. The number of rotatable bonds is 3. The molecular weight excluding hydrogens is 268 g/mol. The van der Waals surface area contributed by atoms with E-state index in [1.165, 1.54) is 0 Å². The maximum absolute atomic E-state index is 12.2. The summed E-state index contributed by atoms with van der Waals surface area (Å²) in [5, 5.41) is 0. The maximum Gasteiger partial charge on any atom is 0.414 e. The Bertz CT molecular complexity index is 561. The average molecular weight is 290 g/mol. The fraction of sp³-hybridized carbons (Fsp3) is 0.500. The van der Waals surface area contributed by atoms with E-state index in [1.54, 1.807) is 17.0 Å². The second-order valence-corrected chi connectivity index (χ2v) is 6.15. The van der Waals surface area contributed by atoms with Crippen molar-refractivity contribution in [2.75, 3.05) is 18.0 Å². The Labute approximate surface area is 125 Å². The van der Waals surface area contributed by atoms with Gasteiger partial charge < -0.3 is 10.5 Å². The number of amides is 1. The lowest BCUT2D eigenvalue weighted by atomic mass is 9.99. The maximum atomic E-state index is 12.2. The normalized spacial score (nSPS) is 14.0. The summed E-state index contributed by atoms with van der Waals surface area (Å²) in [5.41, 5.74) is 7.28. The molecule has 114 valence electrons. The van der Waals surface area contributed by atoms with Crippen molar-refractivity contribution in [3.8, 4) is 0 Å². The molecule has 1 aromatic rings. The van der Waals surface area contributed by atoms with E-state index in [0.717, 1.165) is 11.3 Å². The van der Waals surface area contributed by atoms with Crippen LogP contribution >= 0.6 is 0 Å². The lowest BCUT2D eigenvalue weighted by molar-refractivity contribution is 0.0583. The van der Waals surface area contributed by atoms with Crippen LogP contribution in [0, 0.1) is 0 Å². The Balaban J connectivity index is 2.27. The van der Waals surface area contributed by atoms with Crippen molar-refractivity contribution in [1.82, 2.24) is 0 Å². The highest BCUT2D eigenvalue weighted by molar-refractivity contribution is 6.01. The van der Waals surface area contributed by atoms with Crippen molar-refractivity contribution in [2.45, 2.75) is 39.2 Å². The summed E-state index contributed by atoms with van der Waals surface area (Å²) in [6.07, 6.45) is 0.619. The van der Waals surface area contributed by atoms with Crippen molar-refractivity contribution in [1.29, 1.82) is 0 Å². The van der Waals surface area contributed by atoms with Gasteiger partial charge >= 0.3 is 6.09 Å². The predicted molar refractivity (Wildman–Crippen MR) is 81.7 cm³/mol. The summed E-state index contributed by atoms with van der Waals surface area (Å²) in [6, 6.07) is 5.45. The zero-order valence-corrected chi connectivity index (χ0v) is 12.8. The molecule has 5 nitrogen and oxygen atoms in total. The minimum atomic E-state index is -0.535. The van der Waals surface area contributed by atoms with E-state index in [9.17, 15) is 9.59 Å². The molecule has 0 aromatic heterocycles. The molecule has 1 aromatic carbocycles. The van der Waals surface area contributed by atoms with Gasteiger partial charge in [-0.1, -0.05) is 12.1 Å². The van der Waals surface area contributed by atoms with Gasteiger partial charge in [-0.05, 0) is 45.4 Å². The molecule has 21 heavy (non-hydrogen) atoms. The molecular formula is C16H22N2O3. The molecule has 0 saturated carbocycles. The molecule has 1 heterocycles. The van der Waals surface area contributed by atoms with Crippen LogP contribution in [-0.2, 0) is 11.2 Å². The lowest BCUT2D eigenvalue weighted by Crippen LogP contribution is -2.35. The molecule has 2 rings (SSSR count). The zero-order chi connectivity index (χ0) is 15.6. The third-order valence-electron chi connectivity index (χ3n) is 3.31. The Morgan fingerprint density at radius 3 is 2.67 bits per heavy atom. The number of carbonyl (C=O) groups excluding carboxylic acids is 2. The summed E-state index contributed by atoms with van der Waals surface area (Å²) in [5.74, 6) is 0.0281. The largest absolute Gasteiger partial charge is 0.443 e. The molecule has 1 aliphatic heterocycles. The van der Waals surface area contributed by atoms with E-state index >= 15 is 0 Å². The van der Waals surface area contributed by atoms with Crippen LogP contribution in [0.3, 0.4) is 0 Å². The number of hydrogen-bond acceptors (Lipinski definition) is 4. The number of carbonyl (C=O) groups is 2. The fourth-order valence-corrected chi connectivity index (χ4v) is 2.47. The number of hydrogen-bond donors (Lipinski definition) is 1. The van der Waals surface area contributed by atoms with Crippen LogP contribution in [0.2, 0.25) is 0 Å². The third kappa shape index (κ3) is 3.42. The van der Waals surface area contributed by atoms with Crippen molar-refractivity contribution in [3.63, 3.8) is 0 Å². The first-order chi connectivity index (χ1) is 9.83. The predicted octanol–water partition coefficient (Wildman–Crippen LogP) is 2.52. The van der Waals surface area contributed by atoms with Crippen LogP contribution in [0.5, 0.6) is 0 Å². The van der Waals surface area contributed by atoms with E-state index in [0.29, 0.717) is 31.5 Å². The zero-order valence-electron chi connectivity index (χ0n) is 12.8. The van der Waals surface area contributed by atoms with Gasteiger partial charge in [0, 0.05) is 18.5 Å². The van der Waals surface area contributed by atoms with Gasteiger partial charge in [0.25, 0.3) is 0 Å². The molecule has 1 amide bonds. The molecule has 0 spiro atoms. The number of anilines is 1. The van der Waals surface area contributed by atoms with Crippen LogP contribution in [-0.4, -0.2) is 30.6 Å². The van der Waals surface area contributed by atoms with Gasteiger partial charge in [-0.2, -0.15) is 0 Å². The molecule has 5 heteroatoms. The highest BCUT2D eigenvalue weighted by Crippen LogP contribution is 2.32. The van der Waals surface area contributed by atoms with Crippen LogP contribution in [0.1, 0.15) is 43.1 Å². The van der Waals surface area contributed by atoms with Crippen molar-refractivity contribution in [3.05, 3.63) is 29.3 Å². The fourth-order valence-electron chi connectivity index (χ4n) is 2.47. The van der Waals surface area contributed by atoms with Crippen molar-refractivity contribution in [2.24, 2.45) is 5.73 Å². The summed E-state index contributed by atoms with van der Waals surface area (Å²) in [6.45, 7) is 6.38. The molecule has 0 radical (unpaired) electrons. The van der Waals surface area contributed by atoms with E-state index in [4.69, 9.17) is 10.5 Å². The molecule has 0 saturated heterocycles. The Morgan fingerprint density at radius 2 is 2.05 bits per heavy atom. The van der Waals surface area contributed by atoms with Crippen LogP contribution in [0.15, 0.2) is 18.2 Å². The van der Waals surface area contributed by atoms with Gasteiger partial charge in [0.2, 0.25) is 0 Å². The highest BCUT2D eigenvalue weighted by Gasteiger charge is 2.31. The summed E-state index contributed by atoms with van der Waals surface area (Å²) in [7, 11) is 0. The number of ketones is 1. The van der Waals surface area contributed by atoms with Crippen LogP contribution in [0.25, 0.3) is 0 Å². The molecule has 1 aliphatic rings. The molecule has 2 N–H and O–H groups in total. The van der Waals surface area contributed by atoms with E-state index in [2.05, 4.69) is 0 Å². The second-order valence-electron chi connectivity index (χ2n) is 6.15. The topological polar surface area (TPSA) is 72.6 Å². The van der Waals surface area contributed by atoms with Gasteiger partial charge in [0.05, 0.1) is 5.69 Å². The molecule has 0 atom stereocenters. The molecule has 0 bridgehead atoms. The standard InChI is InChI=1S/C16H22N2O3/c1-16(2,3)21-15(20)18-10-8-11-12(14(19)7-9-17)5-4-6-13(11)18/h4-6H,7-10,17H2,1-3H3. The lowest BCUT2D eigenvalue weighted by Gasteiger charge is -2.24. The average Bonchev–Trinajstić information content (AvgIpc) is 2.80. The van der Waals surface area contributed by atoms with Gasteiger partial charge in [0.15, 0.2) is 5.78 Å². The summed E-state index contributed by atoms with van der Waals surface area (Å²) in [4.78, 5) is 25.9. The monoisotopic (exact) mass is 290 g/mol. The number of benzene rings is 1. The van der Waals surface area contributed by atoms with Gasteiger partial charge in [-0.25, -0.2) is 4.79 Å². The first-order valence-corrected chi connectivity index (χ1v) is 7.19. The Morgan fingerprint density at radius 1 is 1.33 bits per heavy atom. The SMILES string of the molecule is CC(C)(C)OC(=O)N1CCc2c(C(=O)CCN)cccc21. The third-order valence-corrected chi connectivity index (χ3v) is 3.31. The van der Waals surface area contributed by atoms with Crippen LogP contribution < -0.4 is 10.6 Å². The number of nitrogens with two attached hydrogens (primary N) is 1. The van der Waals surface area contributed by atoms with Crippen molar-refractivity contribution < 1.29 is 14.3 Å². The first kappa shape index (κ1) is 15.5. The highest BCUT2D eigenvalue weighted by atomic mass is 16.6. The second kappa shape index (κ2) is 5.85. The van der Waals surface area contributed by atoms with Crippen molar-refractivity contribution >= 4 is 17.6 Å². The van der Waals surface area contributed by atoms with E-state index < -0.39 is 5.60 Å². The number of Topliss-reactive ketones (excluding diaryl/α,β-unsaturated/α-hetero) is 1. The summed E-state index contributed by atoms with van der Waals surface area (Å²) < 4.78 is 5.41. The molecule has 0 unspecified atom stereocenters. The van der Waals surface area contributed by atoms with Gasteiger partial charge in [-0.3, -0.25) is 9.69 Å².